The molecule has 0 aromatic carbocycles. The Balaban J connectivity index is 0.000000136. The van der Waals surface area contributed by atoms with Crippen LogP contribution >= 0.6 is 0 Å². The molecular weight excluding hydrogens is 1130 g/mol. The van der Waals surface area contributed by atoms with Gasteiger partial charge < -0.3 is 33.2 Å². The van der Waals surface area contributed by atoms with E-state index >= 15 is 0 Å². The average Bonchev–Trinajstić information content (AvgIpc) is 1.83. The Morgan fingerprint density at radius 3 is 1.10 bits per heavy atom. The number of fused-ring (bicyclic) bond motifs is 7. The van der Waals surface area contributed by atoms with Crippen LogP contribution in [0.25, 0.3) is 0 Å². The van der Waals surface area contributed by atoms with Crippen molar-refractivity contribution < 1.29 is 61.9 Å². The summed E-state index contributed by atoms with van der Waals surface area (Å²) in [6, 6.07) is 0. The van der Waals surface area contributed by atoms with Crippen molar-refractivity contribution in [1.82, 2.24) is 0 Å². The van der Waals surface area contributed by atoms with Crippen LogP contribution in [0.3, 0.4) is 0 Å². The van der Waals surface area contributed by atoms with E-state index < -0.39 is 0 Å². The summed E-state index contributed by atoms with van der Waals surface area (Å²) in [5, 5.41) is 0. The molecule has 13 unspecified atom stereocenters. The Bertz CT molecular complexity index is 2470. The van der Waals surface area contributed by atoms with Gasteiger partial charge in [0.1, 0.15) is 36.3 Å². The number of allylic oxidation sites excluding steroid dienone is 2. The predicted octanol–water partition coefficient (Wildman–Crippen LogP) is 17.3. The standard InChI is InChI=1S/4C11H18O2.2C11H16O2.C11H20O/c6*1-7-8-4-5-11(2,3)6-9(8)13-10(7)12;1-8-7-12-10-6-11(2,3)5-4-9(8)10/h4*7-9H,4-6H2,1-3H3;9H,4-6H2,1-3H3;6-8H,4-5H2,1-3H3;8-10H,4-7H2,1-3H3/t7?,8-,9?;2*7?,8-,9+;;;;/m010..../s1. The molecule has 18 atom stereocenters. The summed E-state index contributed by atoms with van der Waals surface area (Å²) in [6.07, 6.45) is 26.9. The number of hydrogen-bond acceptors (Lipinski definition) is 13. The van der Waals surface area contributed by atoms with Gasteiger partial charge in [0.15, 0.2) is 0 Å². The molecule has 14 aliphatic rings. The Labute approximate surface area is 544 Å². The van der Waals surface area contributed by atoms with Crippen LogP contribution in [0.2, 0.25) is 0 Å². The summed E-state index contributed by atoms with van der Waals surface area (Å²) >= 11 is 0. The van der Waals surface area contributed by atoms with Crippen molar-refractivity contribution in [3.8, 4) is 0 Å². The minimum Gasteiger partial charge on any atom is -0.462 e. The normalized spacial score (nSPS) is 40.6. The van der Waals surface area contributed by atoms with Crippen LogP contribution < -0.4 is 0 Å². The van der Waals surface area contributed by atoms with E-state index in [0.29, 0.717) is 68.2 Å². The third-order valence-corrected chi connectivity index (χ3v) is 24.8. The van der Waals surface area contributed by atoms with Gasteiger partial charge in [-0.25, -0.2) is 4.79 Å². The van der Waals surface area contributed by atoms with Gasteiger partial charge in [-0.1, -0.05) is 138 Å². The number of carbonyl (C=O) groups excluding carboxylic acids is 6. The van der Waals surface area contributed by atoms with E-state index in [9.17, 15) is 28.8 Å². The first-order valence-corrected chi connectivity index (χ1v) is 35.8. The first-order valence-electron chi connectivity index (χ1n) is 35.8. The largest absolute Gasteiger partial charge is 0.462 e. The van der Waals surface area contributed by atoms with Gasteiger partial charge in [-0.2, -0.15) is 0 Å². The molecule has 0 aromatic heterocycles. The van der Waals surface area contributed by atoms with Gasteiger partial charge in [-0.3, -0.25) is 24.0 Å². The van der Waals surface area contributed by atoms with Gasteiger partial charge in [0.2, 0.25) is 0 Å². The van der Waals surface area contributed by atoms with Crippen LogP contribution in [0.5, 0.6) is 0 Å². The highest BCUT2D eigenvalue weighted by molar-refractivity contribution is 5.91. The first-order chi connectivity index (χ1) is 41.6. The van der Waals surface area contributed by atoms with Crippen molar-refractivity contribution in [1.29, 1.82) is 0 Å². The quantitative estimate of drug-likeness (QED) is 0.166. The number of carbonyl (C=O) groups is 6. The summed E-state index contributed by atoms with van der Waals surface area (Å²) in [6.45, 7) is 46.9. The van der Waals surface area contributed by atoms with Gasteiger partial charge in [-0.15, -0.1) is 0 Å². The lowest BCUT2D eigenvalue weighted by molar-refractivity contribution is -0.146. The molecular formula is C77H124O13. The Kier molecular flexibility index (Phi) is 22.1. The topological polar surface area (TPSA) is 167 Å². The Morgan fingerprint density at radius 1 is 0.378 bits per heavy atom. The molecule has 510 valence electrons. The number of rotatable bonds is 0. The lowest BCUT2D eigenvalue weighted by Gasteiger charge is -2.37. The lowest BCUT2D eigenvalue weighted by Crippen LogP contribution is -2.32. The molecule has 0 bridgehead atoms. The Morgan fingerprint density at radius 2 is 0.722 bits per heavy atom. The highest BCUT2D eigenvalue weighted by Crippen LogP contribution is 2.52. The monoisotopic (exact) mass is 1260 g/mol. The molecule has 7 aliphatic carbocycles. The molecule has 6 saturated heterocycles. The molecule has 13 heteroatoms. The van der Waals surface area contributed by atoms with Gasteiger partial charge in [0, 0.05) is 41.8 Å². The second-order valence-electron chi connectivity index (χ2n) is 36.6. The maximum absolute atomic E-state index is 11.3. The summed E-state index contributed by atoms with van der Waals surface area (Å²) in [4.78, 5) is 67.9. The molecule has 6 saturated carbocycles. The molecule has 90 heavy (non-hydrogen) atoms. The highest BCUT2D eigenvalue weighted by Gasteiger charge is 2.51. The second kappa shape index (κ2) is 27.5. The van der Waals surface area contributed by atoms with E-state index in [0.717, 1.165) is 107 Å². The zero-order valence-electron chi connectivity index (χ0n) is 60.1. The van der Waals surface area contributed by atoms with Gasteiger partial charge in [0.05, 0.1) is 35.7 Å². The summed E-state index contributed by atoms with van der Waals surface area (Å²) in [5.41, 5.74) is 4.65. The zero-order valence-corrected chi connectivity index (χ0v) is 60.1. The summed E-state index contributed by atoms with van der Waals surface area (Å²) < 4.78 is 37.8. The van der Waals surface area contributed by atoms with E-state index in [4.69, 9.17) is 33.2 Å². The zero-order chi connectivity index (χ0) is 66.6. The maximum Gasteiger partial charge on any atom is 0.334 e. The SMILES string of the molecule is CC1=C2CCC(C)(C)CC2OC1=O.CC1C(=O)OC2=CC(C)(C)CCC21.CC1C(=O)OC2CC(C)(C)CCC21.CC1C(=O)OC2CC(C)(C)CC[C@H]21.CC1C(=O)O[C@@H]2CC(C)(C)CC[C@@H]12.CC1C(=O)O[C@H]2CC(C)(C)CC[C@H]12.CC1COC2CC(C)(C)CCC12. The fourth-order valence-electron chi connectivity index (χ4n) is 17.9. The number of ether oxygens (including phenoxy) is 7. The van der Waals surface area contributed by atoms with E-state index in [2.05, 4.69) is 110 Å². The van der Waals surface area contributed by atoms with Crippen molar-refractivity contribution in [2.24, 2.45) is 109 Å². The van der Waals surface area contributed by atoms with E-state index in [1.807, 2.05) is 41.5 Å². The van der Waals surface area contributed by atoms with Crippen LogP contribution in [-0.4, -0.2) is 79.0 Å². The third kappa shape index (κ3) is 17.6. The summed E-state index contributed by atoms with van der Waals surface area (Å²) in [7, 11) is 0. The molecule has 0 N–H and O–H groups in total. The highest BCUT2D eigenvalue weighted by atomic mass is 16.6. The first kappa shape index (κ1) is 72.1. The smallest absolute Gasteiger partial charge is 0.334 e. The lowest BCUT2D eigenvalue weighted by atomic mass is 9.69. The fourth-order valence-corrected chi connectivity index (χ4v) is 17.9. The predicted molar refractivity (Wildman–Crippen MR) is 351 cm³/mol. The molecule has 0 amide bonds. The van der Waals surface area contributed by atoms with Crippen molar-refractivity contribution in [3.05, 3.63) is 23.0 Å². The fraction of sp³-hybridized carbons (Fsp3) is 0.870. The average molecular weight is 1260 g/mol. The van der Waals surface area contributed by atoms with E-state index in [-0.39, 0.29) is 101 Å². The minimum atomic E-state index is -0.0994. The van der Waals surface area contributed by atoms with Crippen molar-refractivity contribution in [3.63, 3.8) is 0 Å². The molecule has 0 radical (unpaired) electrons. The van der Waals surface area contributed by atoms with E-state index in [1.54, 1.807) is 0 Å². The molecule has 0 spiro atoms. The van der Waals surface area contributed by atoms with Gasteiger partial charge >= 0.3 is 35.8 Å². The van der Waals surface area contributed by atoms with Crippen molar-refractivity contribution >= 4 is 35.8 Å². The molecule has 7 heterocycles. The van der Waals surface area contributed by atoms with Crippen molar-refractivity contribution in [2.75, 3.05) is 6.61 Å². The van der Waals surface area contributed by atoms with Crippen molar-refractivity contribution in [2.45, 2.75) is 310 Å². The second-order valence-corrected chi connectivity index (χ2v) is 36.6. The van der Waals surface area contributed by atoms with Crippen LogP contribution in [-0.2, 0) is 61.9 Å². The third-order valence-electron chi connectivity index (χ3n) is 24.8. The molecule has 12 fully saturated rings. The van der Waals surface area contributed by atoms with Gasteiger partial charge in [-0.05, 0) is 197 Å². The van der Waals surface area contributed by atoms with Crippen LogP contribution in [0.15, 0.2) is 23.0 Å². The number of esters is 6. The maximum atomic E-state index is 11.3. The van der Waals surface area contributed by atoms with Crippen LogP contribution in [0, 0.1) is 109 Å². The molecule has 14 rings (SSSR count). The number of hydrogen-bond donors (Lipinski definition) is 0. The minimum absolute atomic E-state index is 0.0210. The van der Waals surface area contributed by atoms with Gasteiger partial charge in [0.25, 0.3) is 0 Å². The molecule has 13 nitrogen and oxygen atoms in total. The van der Waals surface area contributed by atoms with Crippen LogP contribution in [0.4, 0.5) is 0 Å². The molecule has 0 aromatic rings. The van der Waals surface area contributed by atoms with Crippen LogP contribution in [0.1, 0.15) is 274 Å². The molecule has 7 aliphatic heterocycles. The van der Waals surface area contributed by atoms with E-state index in [1.165, 1.54) is 56.9 Å². The Hall–Kier alpha value is -3.74. The summed E-state index contributed by atoms with van der Waals surface area (Å²) in [5.74, 6) is 5.54.